The molecule has 1 atom stereocenters. The lowest BCUT2D eigenvalue weighted by Crippen LogP contribution is -2.42. The standard InChI is InChI=1S/C20H22ClN3O3S3/c1-12-6-7-15-18(13(12)2)23(3)20(28-15)22-19(25)14-5-4-10-24(11-14)30(26,27)17-9-8-16(21)29-17/h6-9,14H,4-5,10-11H2,1-3H3. The van der Waals surface area contributed by atoms with Gasteiger partial charge in [-0.3, -0.25) is 4.79 Å². The first kappa shape index (κ1) is 21.7. The summed E-state index contributed by atoms with van der Waals surface area (Å²) >= 11 is 8.42. The van der Waals surface area contributed by atoms with Gasteiger partial charge in [-0.05, 0) is 56.0 Å². The number of aryl methyl sites for hydroxylation is 3. The number of thiophene rings is 1. The minimum Gasteiger partial charge on any atom is -0.319 e. The zero-order chi connectivity index (χ0) is 21.6. The van der Waals surface area contributed by atoms with E-state index in [0.717, 1.165) is 21.6 Å². The van der Waals surface area contributed by atoms with E-state index in [1.165, 1.54) is 32.8 Å². The molecule has 0 bridgehead atoms. The number of piperidine rings is 1. The van der Waals surface area contributed by atoms with Crippen LogP contribution >= 0.6 is 34.3 Å². The number of carbonyl (C=O) groups excluding carboxylic acids is 1. The van der Waals surface area contributed by atoms with Crippen LogP contribution < -0.4 is 4.80 Å². The molecule has 3 aromatic rings. The number of amides is 1. The third kappa shape index (κ3) is 3.89. The van der Waals surface area contributed by atoms with Crippen LogP contribution in [0.3, 0.4) is 0 Å². The Morgan fingerprint density at radius 2 is 1.97 bits per heavy atom. The normalized spacial score (nSPS) is 18.9. The number of halogens is 1. The second-order valence-corrected chi connectivity index (χ2v) is 12.4. The van der Waals surface area contributed by atoms with E-state index in [2.05, 4.69) is 24.9 Å². The van der Waals surface area contributed by atoms with Crippen LogP contribution in [-0.4, -0.2) is 36.3 Å². The monoisotopic (exact) mass is 483 g/mol. The fourth-order valence-corrected chi connectivity index (χ4v) is 7.99. The molecule has 0 spiro atoms. The average Bonchev–Trinajstić information content (AvgIpc) is 3.29. The summed E-state index contributed by atoms with van der Waals surface area (Å²) in [5.74, 6) is -0.715. The van der Waals surface area contributed by atoms with Crippen molar-refractivity contribution >= 4 is 60.4 Å². The van der Waals surface area contributed by atoms with Crippen molar-refractivity contribution in [3.8, 4) is 0 Å². The molecule has 4 rings (SSSR count). The van der Waals surface area contributed by atoms with Crippen molar-refractivity contribution in [3.05, 3.63) is 44.5 Å². The summed E-state index contributed by atoms with van der Waals surface area (Å²) in [6.45, 7) is 4.67. The van der Waals surface area contributed by atoms with Crippen LogP contribution in [0, 0.1) is 19.8 Å². The molecule has 0 radical (unpaired) electrons. The molecule has 1 aliphatic rings. The number of carbonyl (C=O) groups is 1. The zero-order valence-electron chi connectivity index (χ0n) is 16.9. The molecule has 1 amide bonds. The number of nitrogens with zero attached hydrogens (tertiary/aromatic N) is 3. The van der Waals surface area contributed by atoms with Gasteiger partial charge in [-0.15, -0.1) is 11.3 Å². The Kier molecular flexibility index (Phi) is 5.93. The van der Waals surface area contributed by atoms with E-state index in [9.17, 15) is 13.2 Å². The third-order valence-electron chi connectivity index (χ3n) is 5.57. The summed E-state index contributed by atoms with van der Waals surface area (Å²) in [5.41, 5.74) is 3.44. The Balaban J connectivity index is 1.62. The van der Waals surface area contributed by atoms with Crippen LogP contribution in [0.15, 0.2) is 33.5 Å². The van der Waals surface area contributed by atoms with Crippen molar-refractivity contribution < 1.29 is 13.2 Å². The van der Waals surface area contributed by atoms with Crippen molar-refractivity contribution in [2.75, 3.05) is 13.1 Å². The largest absolute Gasteiger partial charge is 0.319 e. The van der Waals surface area contributed by atoms with Gasteiger partial charge in [0, 0.05) is 20.1 Å². The smallest absolute Gasteiger partial charge is 0.252 e. The average molecular weight is 484 g/mol. The summed E-state index contributed by atoms with van der Waals surface area (Å²) < 4.78 is 30.8. The van der Waals surface area contributed by atoms with Gasteiger partial charge in [0.25, 0.3) is 15.9 Å². The number of hydrogen-bond acceptors (Lipinski definition) is 5. The van der Waals surface area contributed by atoms with E-state index in [1.807, 2.05) is 17.7 Å². The Morgan fingerprint density at radius 3 is 2.67 bits per heavy atom. The second kappa shape index (κ2) is 8.20. The third-order valence-corrected chi connectivity index (χ3v) is 10.2. The SMILES string of the molecule is Cc1ccc2sc(=NC(=O)C3CCCN(S(=O)(=O)c4ccc(Cl)s4)C3)n(C)c2c1C. The fraction of sp³-hybridized carbons (Fsp3) is 0.400. The molecule has 0 N–H and O–H groups in total. The molecule has 10 heteroatoms. The van der Waals surface area contributed by atoms with E-state index < -0.39 is 15.9 Å². The predicted octanol–water partition coefficient (Wildman–Crippen LogP) is 4.10. The van der Waals surface area contributed by atoms with Gasteiger partial charge < -0.3 is 4.57 Å². The van der Waals surface area contributed by atoms with Crippen molar-refractivity contribution in [3.63, 3.8) is 0 Å². The molecular weight excluding hydrogens is 462 g/mol. The molecule has 0 aliphatic carbocycles. The van der Waals surface area contributed by atoms with Gasteiger partial charge in [0.1, 0.15) is 4.21 Å². The van der Waals surface area contributed by atoms with Crippen molar-refractivity contribution in [1.29, 1.82) is 0 Å². The fourth-order valence-electron chi connectivity index (χ4n) is 3.75. The van der Waals surface area contributed by atoms with E-state index in [0.29, 0.717) is 28.5 Å². The van der Waals surface area contributed by atoms with Crippen LogP contribution in [0.5, 0.6) is 0 Å². The Bertz CT molecular complexity index is 1300. The lowest BCUT2D eigenvalue weighted by atomic mass is 9.99. The number of aromatic nitrogens is 1. The molecule has 1 unspecified atom stereocenters. The lowest BCUT2D eigenvalue weighted by molar-refractivity contribution is -0.122. The first-order valence-corrected chi connectivity index (χ1v) is 13.0. The number of rotatable bonds is 3. The van der Waals surface area contributed by atoms with Crippen LogP contribution in [0.1, 0.15) is 24.0 Å². The van der Waals surface area contributed by atoms with Crippen molar-refractivity contribution in [1.82, 2.24) is 8.87 Å². The van der Waals surface area contributed by atoms with E-state index in [1.54, 1.807) is 6.07 Å². The highest BCUT2D eigenvalue weighted by Crippen LogP contribution is 2.31. The maximum Gasteiger partial charge on any atom is 0.252 e. The molecule has 3 heterocycles. The van der Waals surface area contributed by atoms with Crippen LogP contribution in [0.2, 0.25) is 4.34 Å². The van der Waals surface area contributed by atoms with Gasteiger partial charge in [0.2, 0.25) is 0 Å². The summed E-state index contributed by atoms with van der Waals surface area (Å²) in [4.78, 5) is 18.0. The molecule has 1 aliphatic heterocycles. The van der Waals surface area contributed by atoms with Gasteiger partial charge in [-0.1, -0.05) is 29.0 Å². The summed E-state index contributed by atoms with van der Waals surface area (Å²) in [5, 5.41) is 0. The number of benzene rings is 1. The Labute approximate surface area is 188 Å². The first-order valence-electron chi connectivity index (χ1n) is 9.58. The molecule has 0 saturated carbocycles. The molecule has 6 nitrogen and oxygen atoms in total. The molecular formula is C20H22ClN3O3S3. The van der Waals surface area contributed by atoms with E-state index >= 15 is 0 Å². The number of fused-ring (bicyclic) bond motifs is 1. The molecule has 1 fully saturated rings. The van der Waals surface area contributed by atoms with Crippen LogP contribution in [-0.2, 0) is 21.9 Å². The minimum atomic E-state index is -3.65. The lowest BCUT2D eigenvalue weighted by Gasteiger charge is -2.29. The number of thiazole rings is 1. The molecule has 1 aromatic carbocycles. The molecule has 30 heavy (non-hydrogen) atoms. The summed E-state index contributed by atoms with van der Waals surface area (Å²) in [7, 11) is -1.74. The summed E-state index contributed by atoms with van der Waals surface area (Å²) in [6, 6.07) is 7.21. The highest BCUT2D eigenvalue weighted by atomic mass is 35.5. The number of hydrogen-bond donors (Lipinski definition) is 0. The summed E-state index contributed by atoms with van der Waals surface area (Å²) in [6.07, 6.45) is 1.26. The van der Waals surface area contributed by atoms with Crippen molar-refractivity contribution in [2.45, 2.75) is 30.9 Å². The van der Waals surface area contributed by atoms with Crippen LogP contribution in [0.4, 0.5) is 0 Å². The highest BCUT2D eigenvalue weighted by molar-refractivity contribution is 7.91. The van der Waals surface area contributed by atoms with Crippen molar-refractivity contribution in [2.24, 2.45) is 18.0 Å². The maximum atomic E-state index is 12.9. The van der Waals surface area contributed by atoms with Gasteiger partial charge >= 0.3 is 0 Å². The maximum absolute atomic E-state index is 12.9. The molecule has 2 aromatic heterocycles. The van der Waals surface area contributed by atoms with Gasteiger partial charge in [-0.2, -0.15) is 9.30 Å². The van der Waals surface area contributed by atoms with Crippen LogP contribution in [0.25, 0.3) is 10.2 Å². The predicted molar refractivity (Wildman–Crippen MR) is 122 cm³/mol. The quantitative estimate of drug-likeness (QED) is 0.563. The van der Waals surface area contributed by atoms with E-state index in [4.69, 9.17) is 11.6 Å². The van der Waals surface area contributed by atoms with Gasteiger partial charge in [0.15, 0.2) is 4.80 Å². The molecule has 1 saturated heterocycles. The minimum absolute atomic E-state index is 0.146. The Hall–Kier alpha value is -1.52. The highest BCUT2D eigenvalue weighted by Gasteiger charge is 2.34. The Morgan fingerprint density at radius 1 is 1.20 bits per heavy atom. The van der Waals surface area contributed by atoms with Gasteiger partial charge in [-0.25, -0.2) is 8.42 Å². The topological polar surface area (TPSA) is 71.7 Å². The number of sulfonamides is 1. The second-order valence-electron chi connectivity index (χ2n) is 7.51. The first-order chi connectivity index (χ1) is 14.2. The zero-order valence-corrected chi connectivity index (χ0v) is 20.1. The van der Waals surface area contributed by atoms with Gasteiger partial charge in [0.05, 0.1) is 20.5 Å². The molecule has 160 valence electrons. The van der Waals surface area contributed by atoms with E-state index in [-0.39, 0.29) is 16.7 Å².